The van der Waals surface area contributed by atoms with Gasteiger partial charge in [-0.25, -0.2) is 0 Å². The minimum absolute atomic E-state index is 0.0752. The molecule has 0 bridgehead atoms. The first-order valence-electron chi connectivity index (χ1n) is 5.31. The summed E-state index contributed by atoms with van der Waals surface area (Å²) < 4.78 is 0. The summed E-state index contributed by atoms with van der Waals surface area (Å²) in [6.45, 7) is 0. The molecular weight excluding hydrogens is 232 g/mol. The van der Waals surface area contributed by atoms with E-state index in [-0.39, 0.29) is 16.7 Å². The number of nitrogens with one attached hydrogen (secondary N) is 1. The lowest BCUT2D eigenvalue weighted by atomic mass is 9.95. The van der Waals surface area contributed by atoms with Crippen LogP contribution in [0.1, 0.15) is 31.1 Å². The Hall–Kier alpha value is -2.69. The number of hydrogen-bond donors (Lipinski definition) is 2. The van der Waals surface area contributed by atoms with Crippen LogP contribution in [0.3, 0.4) is 0 Å². The first-order chi connectivity index (χ1) is 8.59. The molecule has 88 valence electrons. The maximum Gasteiger partial charge on any atom is 0.259 e. The van der Waals surface area contributed by atoms with Gasteiger partial charge in [-0.1, -0.05) is 24.3 Å². The summed E-state index contributed by atoms with van der Waals surface area (Å²) in [5.41, 5.74) is 5.64. The number of rotatable bonds is 1. The number of nitrogens with two attached hydrogens (primary N) is 1. The predicted octanol–water partition coefficient (Wildman–Crippen LogP) is 0.822. The lowest BCUT2D eigenvalue weighted by molar-refractivity contribution is 0.0875. The summed E-state index contributed by atoms with van der Waals surface area (Å²) in [4.78, 5) is 34.9. The number of hydrogen-bond acceptors (Lipinski definition) is 3. The predicted molar refractivity (Wildman–Crippen MR) is 64.3 cm³/mol. The number of fused-ring (bicyclic) bond motifs is 3. The van der Waals surface area contributed by atoms with E-state index in [4.69, 9.17) is 5.73 Å². The van der Waals surface area contributed by atoms with Gasteiger partial charge in [0.15, 0.2) is 0 Å². The largest absolute Gasteiger partial charge is 0.366 e. The molecule has 2 aromatic rings. The van der Waals surface area contributed by atoms with Gasteiger partial charge in [0.1, 0.15) is 0 Å². The van der Waals surface area contributed by atoms with Crippen molar-refractivity contribution in [3.63, 3.8) is 0 Å². The number of carbonyl (C=O) groups is 3. The van der Waals surface area contributed by atoms with Crippen molar-refractivity contribution in [1.29, 1.82) is 0 Å². The third-order valence-electron chi connectivity index (χ3n) is 3.00. The monoisotopic (exact) mass is 240 g/mol. The van der Waals surface area contributed by atoms with Crippen LogP contribution in [-0.2, 0) is 0 Å². The van der Waals surface area contributed by atoms with E-state index in [1.807, 2.05) is 0 Å². The summed E-state index contributed by atoms with van der Waals surface area (Å²) in [5, 5.41) is 3.53. The lowest BCUT2D eigenvalue weighted by Gasteiger charge is -2.06. The highest BCUT2D eigenvalue weighted by Gasteiger charge is 2.33. The van der Waals surface area contributed by atoms with E-state index >= 15 is 0 Å². The third kappa shape index (κ3) is 1.24. The normalized spacial score (nSPS) is 13.6. The van der Waals surface area contributed by atoms with Crippen LogP contribution in [0.4, 0.5) is 0 Å². The lowest BCUT2D eigenvalue weighted by Crippen LogP contribution is -2.21. The fraction of sp³-hybridized carbons (Fsp3) is 0. The number of benzene rings is 2. The number of imide groups is 1. The van der Waals surface area contributed by atoms with Crippen LogP contribution in [0, 0.1) is 0 Å². The maximum absolute atomic E-state index is 11.8. The van der Waals surface area contributed by atoms with Crippen molar-refractivity contribution in [3.8, 4) is 0 Å². The third-order valence-corrected chi connectivity index (χ3v) is 3.00. The average Bonchev–Trinajstić information content (AvgIpc) is 2.64. The molecule has 0 fully saturated rings. The topological polar surface area (TPSA) is 89.3 Å². The van der Waals surface area contributed by atoms with Gasteiger partial charge in [0.2, 0.25) is 5.91 Å². The van der Waals surface area contributed by atoms with Crippen LogP contribution in [0.2, 0.25) is 0 Å². The highest BCUT2D eigenvalue weighted by Crippen LogP contribution is 2.29. The average molecular weight is 240 g/mol. The van der Waals surface area contributed by atoms with E-state index in [0.717, 1.165) is 0 Å². The Bertz CT molecular complexity index is 734. The number of carbonyl (C=O) groups excluding carboxylic acids is 3. The summed E-state index contributed by atoms with van der Waals surface area (Å²) in [5.74, 6) is -1.79. The fourth-order valence-corrected chi connectivity index (χ4v) is 2.24. The van der Waals surface area contributed by atoms with Crippen molar-refractivity contribution in [2.45, 2.75) is 0 Å². The van der Waals surface area contributed by atoms with Crippen LogP contribution < -0.4 is 11.1 Å². The van der Waals surface area contributed by atoms with E-state index in [0.29, 0.717) is 10.8 Å². The number of primary amides is 1. The van der Waals surface area contributed by atoms with E-state index in [2.05, 4.69) is 5.32 Å². The van der Waals surface area contributed by atoms with E-state index in [9.17, 15) is 14.4 Å². The van der Waals surface area contributed by atoms with Gasteiger partial charge >= 0.3 is 0 Å². The van der Waals surface area contributed by atoms with Crippen LogP contribution in [0.25, 0.3) is 10.8 Å². The molecule has 5 nitrogen and oxygen atoms in total. The van der Waals surface area contributed by atoms with Crippen molar-refractivity contribution < 1.29 is 14.4 Å². The molecule has 0 radical (unpaired) electrons. The molecule has 0 aliphatic carbocycles. The quantitative estimate of drug-likeness (QED) is 0.723. The maximum atomic E-state index is 11.8. The smallest absolute Gasteiger partial charge is 0.259 e. The van der Waals surface area contributed by atoms with Gasteiger partial charge in [-0.15, -0.1) is 0 Å². The van der Waals surface area contributed by atoms with E-state index in [1.54, 1.807) is 24.3 Å². The Morgan fingerprint density at radius 3 is 2.44 bits per heavy atom. The minimum Gasteiger partial charge on any atom is -0.366 e. The molecule has 0 saturated carbocycles. The standard InChI is InChI=1S/C13H8N2O3/c14-11(16)8-5-6-3-1-2-4-7(6)9-10(8)13(18)15-12(9)17/h1-5H,(H2,14,16)(H,15,17,18). The molecule has 3 rings (SSSR count). The molecule has 1 aliphatic heterocycles. The summed E-state index contributed by atoms with van der Waals surface area (Å²) >= 11 is 0. The van der Waals surface area contributed by atoms with E-state index < -0.39 is 17.7 Å². The first kappa shape index (κ1) is 10.5. The first-order valence-corrected chi connectivity index (χ1v) is 5.31. The molecule has 2 aromatic carbocycles. The molecule has 0 atom stereocenters. The summed E-state index contributed by atoms with van der Waals surface area (Å²) in [6, 6.07) is 8.58. The van der Waals surface area contributed by atoms with Crippen LogP contribution in [0.5, 0.6) is 0 Å². The van der Waals surface area contributed by atoms with Crippen molar-refractivity contribution in [3.05, 3.63) is 47.0 Å². The zero-order valence-corrected chi connectivity index (χ0v) is 9.19. The molecule has 0 aromatic heterocycles. The van der Waals surface area contributed by atoms with Crippen molar-refractivity contribution >= 4 is 28.5 Å². The molecule has 5 heteroatoms. The SMILES string of the molecule is NC(=O)c1cc2ccccc2c2c1C(=O)NC2=O. The van der Waals surface area contributed by atoms with Gasteiger partial charge in [-0.2, -0.15) is 0 Å². The zero-order valence-electron chi connectivity index (χ0n) is 9.19. The molecular formula is C13H8N2O3. The Kier molecular flexibility index (Phi) is 1.98. The Balaban J connectivity index is 2.53. The second-order valence-corrected chi connectivity index (χ2v) is 4.04. The van der Waals surface area contributed by atoms with Gasteiger partial charge < -0.3 is 5.73 Å². The van der Waals surface area contributed by atoms with Crippen LogP contribution >= 0.6 is 0 Å². The van der Waals surface area contributed by atoms with Crippen LogP contribution in [0.15, 0.2) is 30.3 Å². The molecule has 0 unspecified atom stereocenters. The van der Waals surface area contributed by atoms with Crippen molar-refractivity contribution in [2.75, 3.05) is 0 Å². The highest BCUT2D eigenvalue weighted by atomic mass is 16.2. The van der Waals surface area contributed by atoms with Crippen molar-refractivity contribution in [1.82, 2.24) is 5.32 Å². The van der Waals surface area contributed by atoms with Gasteiger partial charge in [-0.05, 0) is 16.8 Å². The molecule has 0 spiro atoms. The zero-order chi connectivity index (χ0) is 12.9. The second-order valence-electron chi connectivity index (χ2n) is 4.04. The summed E-state index contributed by atoms with van der Waals surface area (Å²) in [7, 11) is 0. The molecule has 3 N–H and O–H groups in total. The molecule has 1 aliphatic rings. The molecule has 1 heterocycles. The Labute approximate surface area is 102 Å². The number of amides is 3. The minimum atomic E-state index is -0.721. The van der Waals surface area contributed by atoms with Crippen LogP contribution in [-0.4, -0.2) is 17.7 Å². The highest BCUT2D eigenvalue weighted by molar-refractivity contribution is 6.29. The van der Waals surface area contributed by atoms with Crippen molar-refractivity contribution in [2.24, 2.45) is 5.73 Å². The molecule has 0 saturated heterocycles. The van der Waals surface area contributed by atoms with Gasteiger partial charge in [0.05, 0.1) is 16.7 Å². The molecule has 18 heavy (non-hydrogen) atoms. The van der Waals surface area contributed by atoms with E-state index in [1.165, 1.54) is 6.07 Å². The van der Waals surface area contributed by atoms with Gasteiger partial charge in [0, 0.05) is 0 Å². The second kappa shape index (κ2) is 3.40. The fourth-order valence-electron chi connectivity index (χ4n) is 2.24. The Morgan fingerprint density at radius 1 is 1.06 bits per heavy atom. The van der Waals surface area contributed by atoms with Gasteiger partial charge in [0.25, 0.3) is 11.8 Å². The van der Waals surface area contributed by atoms with Gasteiger partial charge in [-0.3, -0.25) is 19.7 Å². The molecule has 3 amide bonds. The Morgan fingerprint density at radius 2 is 1.72 bits per heavy atom. The summed E-state index contributed by atoms with van der Waals surface area (Å²) in [6.07, 6.45) is 0.